The SMILES string of the molecule is CC.O=C(O)CCCC(=O)OCC1OC(n2ccc(NC(=O)C(S)CCC(=O)O)nc2=O)C(O)C1O. The second-order valence-corrected chi connectivity index (χ2v) is 8.04. The Balaban J connectivity index is 0.00000316. The van der Waals surface area contributed by atoms with Gasteiger partial charge in [-0.05, 0) is 18.9 Å². The molecule has 5 unspecified atom stereocenters. The number of carbonyl (C=O) groups is 4. The molecule has 0 aliphatic carbocycles. The Morgan fingerprint density at radius 3 is 2.36 bits per heavy atom. The predicted molar refractivity (Wildman–Crippen MR) is 126 cm³/mol. The Labute approximate surface area is 211 Å². The van der Waals surface area contributed by atoms with Gasteiger partial charge in [-0.15, -0.1) is 0 Å². The summed E-state index contributed by atoms with van der Waals surface area (Å²) in [7, 11) is 0. The van der Waals surface area contributed by atoms with Crippen LogP contribution in [-0.2, 0) is 28.7 Å². The quantitative estimate of drug-likeness (QED) is 0.152. The number of hydrogen-bond acceptors (Lipinski definition) is 11. The minimum Gasteiger partial charge on any atom is -0.481 e. The number of carboxylic acid groups (broad SMARTS) is 2. The third-order valence-electron chi connectivity index (χ3n) is 4.81. The van der Waals surface area contributed by atoms with Crippen LogP contribution < -0.4 is 11.0 Å². The van der Waals surface area contributed by atoms with Crippen molar-refractivity contribution in [3.8, 4) is 0 Å². The van der Waals surface area contributed by atoms with Gasteiger partial charge in [0.05, 0.1) is 5.25 Å². The Morgan fingerprint density at radius 1 is 1.14 bits per heavy atom. The van der Waals surface area contributed by atoms with E-state index >= 15 is 0 Å². The Bertz CT molecular complexity index is 971. The van der Waals surface area contributed by atoms with E-state index in [0.29, 0.717) is 0 Å². The standard InChI is InChI=1S/C19H25N3O11S.C2H6/c23-12(24)2-1-3-14(27)32-8-9-15(28)16(29)18(33-9)22-7-6-11(21-19(22)31)20-17(30)10(34)4-5-13(25)26;1-2/h6-7,9-10,15-16,18,28-29,34H,1-5,8H2,(H,23,24)(H,25,26)(H,20,21,30,31);1-2H3. The fourth-order valence-electron chi connectivity index (χ4n) is 3.00. The van der Waals surface area contributed by atoms with Crippen molar-refractivity contribution in [2.45, 2.75) is 75.7 Å². The average molecular weight is 534 g/mol. The van der Waals surface area contributed by atoms with Crippen LogP contribution in [0.5, 0.6) is 0 Å². The highest BCUT2D eigenvalue weighted by Crippen LogP contribution is 2.28. The van der Waals surface area contributed by atoms with Gasteiger partial charge in [0.2, 0.25) is 5.91 Å². The maximum Gasteiger partial charge on any atom is 0.351 e. The van der Waals surface area contributed by atoms with Gasteiger partial charge < -0.3 is 35.2 Å². The van der Waals surface area contributed by atoms with E-state index in [9.17, 15) is 34.2 Å². The van der Waals surface area contributed by atoms with Crippen LogP contribution in [0, 0.1) is 0 Å². The summed E-state index contributed by atoms with van der Waals surface area (Å²) in [6.07, 6.45) is -5.00. The van der Waals surface area contributed by atoms with Crippen molar-refractivity contribution in [1.82, 2.24) is 9.55 Å². The number of ether oxygens (including phenoxy) is 2. The minimum atomic E-state index is -1.56. The third-order valence-corrected chi connectivity index (χ3v) is 5.30. The van der Waals surface area contributed by atoms with Crippen molar-refractivity contribution in [1.29, 1.82) is 0 Å². The first-order valence-electron chi connectivity index (χ1n) is 11.2. The van der Waals surface area contributed by atoms with Crippen LogP contribution in [0.1, 0.15) is 52.2 Å². The first-order valence-corrected chi connectivity index (χ1v) is 11.7. The third kappa shape index (κ3) is 9.56. The smallest absolute Gasteiger partial charge is 0.351 e. The molecule has 0 saturated carbocycles. The molecular weight excluding hydrogens is 502 g/mol. The monoisotopic (exact) mass is 533 g/mol. The molecule has 2 rings (SSSR count). The van der Waals surface area contributed by atoms with E-state index < -0.39 is 65.9 Å². The molecule has 14 nitrogen and oxygen atoms in total. The zero-order chi connectivity index (χ0) is 27.4. The molecule has 1 amide bonds. The van der Waals surface area contributed by atoms with Crippen molar-refractivity contribution in [2.24, 2.45) is 0 Å². The van der Waals surface area contributed by atoms with Crippen LogP contribution in [0.25, 0.3) is 0 Å². The first kappa shape index (κ1) is 31.0. The van der Waals surface area contributed by atoms with Crippen LogP contribution >= 0.6 is 12.6 Å². The van der Waals surface area contributed by atoms with E-state index in [1.165, 1.54) is 6.07 Å². The van der Waals surface area contributed by atoms with E-state index in [-0.39, 0.29) is 37.9 Å². The molecule has 202 valence electrons. The van der Waals surface area contributed by atoms with E-state index in [2.05, 4.69) is 22.9 Å². The number of nitrogens with zero attached hydrogens (tertiary/aromatic N) is 2. The maximum absolute atomic E-state index is 12.4. The number of aromatic nitrogens is 2. The van der Waals surface area contributed by atoms with Gasteiger partial charge in [0.25, 0.3) is 0 Å². The zero-order valence-corrected chi connectivity index (χ0v) is 20.7. The number of aliphatic carboxylic acids is 2. The van der Waals surface area contributed by atoms with E-state index in [4.69, 9.17) is 19.7 Å². The van der Waals surface area contributed by atoms with Crippen LogP contribution in [0.3, 0.4) is 0 Å². The lowest BCUT2D eigenvalue weighted by atomic mass is 10.1. The lowest BCUT2D eigenvalue weighted by Crippen LogP contribution is -2.36. The number of carboxylic acids is 2. The second-order valence-electron chi connectivity index (χ2n) is 7.42. The van der Waals surface area contributed by atoms with Gasteiger partial charge in [-0.1, -0.05) is 13.8 Å². The summed E-state index contributed by atoms with van der Waals surface area (Å²) in [6, 6.07) is 1.23. The van der Waals surface area contributed by atoms with E-state index in [1.54, 1.807) is 0 Å². The van der Waals surface area contributed by atoms with Crippen molar-refractivity contribution in [3.63, 3.8) is 0 Å². The van der Waals surface area contributed by atoms with Gasteiger partial charge >= 0.3 is 23.6 Å². The summed E-state index contributed by atoms with van der Waals surface area (Å²) in [5.74, 6) is -3.65. The lowest BCUT2D eigenvalue weighted by molar-refractivity contribution is -0.150. The molecule has 5 atom stereocenters. The number of anilines is 1. The molecule has 1 aliphatic heterocycles. The molecule has 0 radical (unpaired) electrons. The molecule has 0 bridgehead atoms. The van der Waals surface area contributed by atoms with Crippen molar-refractivity contribution < 1.29 is 49.1 Å². The summed E-state index contributed by atoms with van der Waals surface area (Å²) >= 11 is 4.01. The molecule has 0 spiro atoms. The number of hydrogen-bond donors (Lipinski definition) is 6. The average Bonchev–Trinajstić information content (AvgIpc) is 3.10. The van der Waals surface area contributed by atoms with Crippen LogP contribution in [0.4, 0.5) is 5.82 Å². The highest BCUT2D eigenvalue weighted by Gasteiger charge is 2.44. The number of rotatable bonds is 12. The van der Waals surface area contributed by atoms with Crippen LogP contribution in [0.15, 0.2) is 17.1 Å². The maximum atomic E-state index is 12.4. The van der Waals surface area contributed by atoms with Crippen molar-refractivity contribution in [3.05, 3.63) is 22.7 Å². The number of nitrogens with one attached hydrogen (secondary N) is 1. The van der Waals surface area contributed by atoms with E-state index in [0.717, 1.165) is 10.8 Å². The molecule has 2 heterocycles. The summed E-state index contributed by atoms with van der Waals surface area (Å²) in [5.41, 5.74) is -0.929. The topological polar surface area (TPSA) is 215 Å². The lowest BCUT2D eigenvalue weighted by Gasteiger charge is -2.17. The molecule has 1 aromatic rings. The molecule has 1 aliphatic rings. The number of aliphatic hydroxyl groups is 2. The largest absolute Gasteiger partial charge is 0.481 e. The Hall–Kier alpha value is -3.01. The first-order chi connectivity index (χ1) is 17.0. The molecule has 15 heteroatoms. The molecule has 1 aromatic heterocycles. The molecule has 1 fully saturated rings. The second kappa shape index (κ2) is 15.2. The van der Waals surface area contributed by atoms with Crippen molar-refractivity contribution >= 4 is 42.3 Å². The van der Waals surface area contributed by atoms with Crippen LogP contribution in [-0.4, -0.2) is 84.0 Å². The molecule has 1 saturated heterocycles. The van der Waals surface area contributed by atoms with Gasteiger partial charge in [0.15, 0.2) is 6.23 Å². The number of carbonyl (C=O) groups excluding carboxylic acids is 2. The summed E-state index contributed by atoms with van der Waals surface area (Å²) in [6.45, 7) is 3.57. The number of thiol groups is 1. The van der Waals surface area contributed by atoms with Gasteiger partial charge in [0.1, 0.15) is 30.7 Å². The summed E-state index contributed by atoms with van der Waals surface area (Å²) < 4.78 is 11.3. The van der Waals surface area contributed by atoms with Crippen molar-refractivity contribution in [2.75, 3.05) is 11.9 Å². The molecule has 0 aromatic carbocycles. The van der Waals surface area contributed by atoms with E-state index in [1.807, 2.05) is 13.8 Å². The van der Waals surface area contributed by atoms with Crippen LogP contribution in [0.2, 0.25) is 0 Å². The van der Waals surface area contributed by atoms with Gasteiger partial charge in [-0.25, -0.2) is 4.79 Å². The molecule has 36 heavy (non-hydrogen) atoms. The van der Waals surface area contributed by atoms with Gasteiger partial charge in [-0.2, -0.15) is 17.6 Å². The minimum absolute atomic E-state index is 0.0349. The van der Waals surface area contributed by atoms with Gasteiger partial charge in [-0.3, -0.25) is 23.7 Å². The highest BCUT2D eigenvalue weighted by molar-refractivity contribution is 7.81. The molecular formula is C21H31N3O11S. The molecule has 5 N–H and O–H groups in total. The Morgan fingerprint density at radius 2 is 1.78 bits per heavy atom. The fraction of sp³-hybridized carbons (Fsp3) is 0.619. The number of aliphatic hydroxyl groups excluding tert-OH is 2. The normalized spacial score (nSPS) is 21.6. The number of amides is 1. The summed E-state index contributed by atoms with van der Waals surface area (Å²) in [5, 5.41) is 39.1. The summed E-state index contributed by atoms with van der Waals surface area (Å²) in [4.78, 5) is 60.8. The Kier molecular flexibility index (Phi) is 13.1. The fourth-order valence-corrected chi connectivity index (χ4v) is 3.20. The highest BCUT2D eigenvalue weighted by atomic mass is 32.1. The predicted octanol–water partition coefficient (Wildman–Crippen LogP) is -0.211. The number of esters is 1. The zero-order valence-electron chi connectivity index (χ0n) is 19.8. The van der Waals surface area contributed by atoms with Gasteiger partial charge in [0, 0.05) is 25.5 Å².